The highest BCUT2D eigenvalue weighted by Gasteiger charge is 2.10. The van der Waals surface area contributed by atoms with Crippen molar-refractivity contribution >= 4 is 17.6 Å². The predicted molar refractivity (Wildman–Crippen MR) is 61.4 cm³/mol. The molecule has 17 heavy (non-hydrogen) atoms. The van der Waals surface area contributed by atoms with Crippen LogP contribution in [-0.4, -0.2) is 27.9 Å². The molecule has 0 fully saturated rings. The fourth-order valence-electron chi connectivity index (χ4n) is 1.08. The third kappa shape index (κ3) is 3.09. The van der Waals surface area contributed by atoms with Crippen molar-refractivity contribution in [1.82, 2.24) is 14.9 Å². The Bertz CT molecular complexity index is 595. The van der Waals surface area contributed by atoms with Crippen molar-refractivity contribution in [2.24, 2.45) is 10.7 Å². The smallest absolute Gasteiger partial charge is 0.326 e. The van der Waals surface area contributed by atoms with Crippen LogP contribution >= 0.6 is 11.6 Å². The van der Waals surface area contributed by atoms with E-state index in [1.807, 2.05) is 4.98 Å². The van der Waals surface area contributed by atoms with Gasteiger partial charge in [-0.05, 0) is 0 Å². The lowest BCUT2D eigenvalue weighted by atomic mass is 10.4. The summed E-state index contributed by atoms with van der Waals surface area (Å²) in [4.78, 5) is 31.2. The van der Waals surface area contributed by atoms with Gasteiger partial charge in [-0.3, -0.25) is 9.78 Å². The van der Waals surface area contributed by atoms with Gasteiger partial charge in [0, 0.05) is 7.05 Å². The van der Waals surface area contributed by atoms with Gasteiger partial charge < -0.3 is 15.6 Å². The van der Waals surface area contributed by atoms with Gasteiger partial charge in [0.25, 0.3) is 5.56 Å². The number of nitrogens with two attached hydrogens (primary N) is 1. The first-order chi connectivity index (χ1) is 7.95. The minimum atomic E-state index is -0.686. The Hall–Kier alpha value is -2.27. The second kappa shape index (κ2) is 5.18. The molecule has 90 valence electrons. The zero-order valence-electron chi connectivity index (χ0n) is 8.82. The van der Waals surface area contributed by atoms with E-state index in [2.05, 4.69) is 9.98 Å². The Kier molecular flexibility index (Phi) is 3.90. The van der Waals surface area contributed by atoms with Crippen LogP contribution in [0.25, 0.3) is 0 Å². The van der Waals surface area contributed by atoms with Crippen LogP contribution < -0.4 is 17.0 Å². The highest BCUT2D eigenvalue weighted by Crippen LogP contribution is 2.07. The normalized spacial score (nSPS) is 11.0. The van der Waals surface area contributed by atoms with Crippen LogP contribution in [0.15, 0.2) is 14.6 Å². The summed E-state index contributed by atoms with van der Waals surface area (Å²) in [6, 6.07) is 0. The molecule has 0 radical (unpaired) electrons. The molecule has 1 rings (SSSR count). The number of hydrogen-bond donors (Lipinski definition) is 3. The molecule has 0 bridgehead atoms. The largest absolute Gasteiger partial charge is 0.369 e. The van der Waals surface area contributed by atoms with Gasteiger partial charge in [0.05, 0.1) is 12.2 Å². The third-order valence-corrected chi connectivity index (χ3v) is 2.31. The summed E-state index contributed by atoms with van der Waals surface area (Å²) in [5.41, 5.74) is 4.27. The van der Waals surface area contributed by atoms with E-state index in [0.717, 1.165) is 0 Å². The molecular weight excluding hydrogens is 248 g/mol. The molecule has 0 aliphatic heterocycles. The highest BCUT2D eigenvalue weighted by molar-refractivity contribution is 6.31. The molecule has 4 N–H and O–H groups in total. The molecule has 1 aromatic heterocycles. The number of nitrogens with zero attached hydrogens (tertiary/aromatic N) is 3. The number of halogens is 1. The van der Waals surface area contributed by atoms with E-state index in [9.17, 15) is 9.59 Å². The Morgan fingerprint density at radius 2 is 2.24 bits per heavy atom. The van der Waals surface area contributed by atoms with Crippen molar-refractivity contribution in [2.75, 3.05) is 7.05 Å². The third-order valence-electron chi connectivity index (χ3n) is 1.91. The molecule has 0 spiro atoms. The van der Waals surface area contributed by atoms with Crippen molar-refractivity contribution in [3.8, 4) is 6.19 Å². The zero-order chi connectivity index (χ0) is 13.0. The van der Waals surface area contributed by atoms with Crippen molar-refractivity contribution < 1.29 is 0 Å². The Labute approximate surface area is 100 Å². The first-order valence-electron chi connectivity index (χ1n) is 4.40. The maximum atomic E-state index is 11.2. The lowest BCUT2D eigenvalue weighted by Gasteiger charge is -2.16. The van der Waals surface area contributed by atoms with E-state index < -0.39 is 11.2 Å². The molecule has 0 aromatic carbocycles. The van der Waals surface area contributed by atoms with Crippen LogP contribution in [0.3, 0.4) is 0 Å². The average Bonchev–Trinajstić information content (AvgIpc) is 2.25. The van der Waals surface area contributed by atoms with E-state index >= 15 is 0 Å². The SMILES string of the molecule is CN(Cc1[nH]c(=O)[nH]c(=O)c1Cl)C(N)=NC#N. The summed E-state index contributed by atoms with van der Waals surface area (Å²) in [6.07, 6.45) is 1.52. The van der Waals surface area contributed by atoms with E-state index in [-0.39, 0.29) is 23.2 Å². The molecule has 1 heterocycles. The highest BCUT2D eigenvalue weighted by atomic mass is 35.5. The molecule has 1 aromatic rings. The predicted octanol–water partition coefficient (Wildman–Crippen LogP) is -1.06. The topological polar surface area (TPSA) is 131 Å². The van der Waals surface area contributed by atoms with E-state index in [4.69, 9.17) is 22.6 Å². The summed E-state index contributed by atoms with van der Waals surface area (Å²) >= 11 is 5.70. The van der Waals surface area contributed by atoms with E-state index in [0.29, 0.717) is 0 Å². The van der Waals surface area contributed by atoms with Crippen molar-refractivity contribution in [3.05, 3.63) is 31.6 Å². The Balaban J connectivity index is 3.05. The van der Waals surface area contributed by atoms with Crippen LogP contribution in [-0.2, 0) is 6.54 Å². The summed E-state index contributed by atoms with van der Waals surface area (Å²) in [5, 5.41) is 8.17. The van der Waals surface area contributed by atoms with Crippen molar-refractivity contribution in [3.63, 3.8) is 0 Å². The van der Waals surface area contributed by atoms with Crippen LogP contribution in [0, 0.1) is 11.5 Å². The minimum Gasteiger partial charge on any atom is -0.369 e. The first kappa shape index (κ1) is 12.8. The van der Waals surface area contributed by atoms with Crippen molar-refractivity contribution in [2.45, 2.75) is 6.54 Å². The number of guanidine groups is 1. The first-order valence-corrected chi connectivity index (χ1v) is 4.78. The summed E-state index contributed by atoms with van der Waals surface area (Å²) in [6.45, 7) is 0.0506. The van der Waals surface area contributed by atoms with Gasteiger partial charge in [-0.25, -0.2) is 4.79 Å². The van der Waals surface area contributed by atoms with Gasteiger partial charge in [-0.1, -0.05) is 11.6 Å². The maximum absolute atomic E-state index is 11.2. The molecule has 8 nitrogen and oxygen atoms in total. The van der Waals surface area contributed by atoms with Crippen LogP contribution in [0.1, 0.15) is 5.69 Å². The van der Waals surface area contributed by atoms with Gasteiger partial charge >= 0.3 is 5.69 Å². The van der Waals surface area contributed by atoms with Gasteiger partial charge in [-0.2, -0.15) is 5.26 Å². The molecule has 0 atom stereocenters. The molecule has 0 aliphatic rings. The molecule has 0 saturated heterocycles. The fraction of sp³-hybridized carbons (Fsp3) is 0.250. The number of hydrogen-bond acceptors (Lipinski definition) is 4. The van der Waals surface area contributed by atoms with Crippen LogP contribution in [0.2, 0.25) is 5.02 Å². The Morgan fingerprint density at radius 3 is 2.82 bits per heavy atom. The van der Waals surface area contributed by atoms with Gasteiger partial charge in [0.2, 0.25) is 12.2 Å². The number of aromatic amines is 2. The van der Waals surface area contributed by atoms with Gasteiger partial charge in [-0.15, -0.1) is 4.99 Å². The molecule has 0 saturated carbocycles. The quantitative estimate of drug-likeness (QED) is 0.353. The number of nitriles is 1. The van der Waals surface area contributed by atoms with E-state index in [1.54, 1.807) is 0 Å². The van der Waals surface area contributed by atoms with Crippen LogP contribution in [0.4, 0.5) is 0 Å². The summed E-state index contributed by atoms with van der Waals surface area (Å²) < 4.78 is 0. The monoisotopic (exact) mass is 256 g/mol. The second-order valence-corrected chi connectivity index (χ2v) is 3.50. The fourth-order valence-corrected chi connectivity index (χ4v) is 1.24. The summed E-state index contributed by atoms with van der Waals surface area (Å²) in [5.74, 6) is -0.0512. The molecule has 9 heteroatoms. The van der Waals surface area contributed by atoms with Gasteiger partial charge in [0.1, 0.15) is 5.02 Å². The van der Waals surface area contributed by atoms with Crippen LogP contribution in [0.5, 0.6) is 0 Å². The molecule has 0 amide bonds. The average molecular weight is 257 g/mol. The minimum absolute atomic E-state index is 0.0506. The standard InChI is InChI=1S/C8H9ClN6O2/c1-15(7(11)12-3-10)2-4-5(9)6(16)14-8(17)13-4/h2H2,1H3,(H2,11,12)(H2,13,14,16,17). The molecule has 0 aliphatic carbocycles. The van der Waals surface area contributed by atoms with E-state index in [1.165, 1.54) is 18.1 Å². The summed E-state index contributed by atoms with van der Waals surface area (Å²) in [7, 11) is 1.53. The maximum Gasteiger partial charge on any atom is 0.326 e. The lowest BCUT2D eigenvalue weighted by Crippen LogP contribution is -2.35. The lowest BCUT2D eigenvalue weighted by molar-refractivity contribution is 0.485. The second-order valence-electron chi connectivity index (χ2n) is 3.13. The Morgan fingerprint density at radius 1 is 1.59 bits per heavy atom. The number of aliphatic imine (C=N–C) groups is 1. The molecular formula is C8H9ClN6O2. The molecule has 0 unspecified atom stereocenters. The zero-order valence-corrected chi connectivity index (χ0v) is 9.58. The number of H-pyrrole nitrogens is 2. The van der Waals surface area contributed by atoms with Crippen molar-refractivity contribution in [1.29, 1.82) is 5.26 Å². The van der Waals surface area contributed by atoms with Gasteiger partial charge in [0.15, 0.2) is 0 Å². The number of aromatic nitrogens is 2. The number of nitrogens with one attached hydrogen (secondary N) is 2. The number of rotatable bonds is 2.